The highest BCUT2D eigenvalue weighted by Gasteiger charge is 2.20. The zero-order chi connectivity index (χ0) is 12.1. The summed E-state index contributed by atoms with van der Waals surface area (Å²) >= 11 is 0. The van der Waals surface area contributed by atoms with Crippen LogP contribution < -0.4 is 10.6 Å². The summed E-state index contributed by atoms with van der Waals surface area (Å²) in [6.45, 7) is 4.38. The molecule has 4 nitrogen and oxygen atoms in total. The Balaban J connectivity index is 1.68. The fourth-order valence-corrected chi connectivity index (χ4v) is 2.75. The van der Waals surface area contributed by atoms with E-state index in [1.165, 1.54) is 25.9 Å². The van der Waals surface area contributed by atoms with Gasteiger partial charge < -0.3 is 15.5 Å². The van der Waals surface area contributed by atoms with Gasteiger partial charge in [0.1, 0.15) is 0 Å². The Bertz CT molecular complexity index is 249. The fraction of sp³-hybridized carbons (Fsp3) is 0.923. The van der Waals surface area contributed by atoms with Crippen LogP contribution >= 0.6 is 0 Å². The summed E-state index contributed by atoms with van der Waals surface area (Å²) in [7, 11) is 2.19. The average molecular weight is 239 g/mol. The summed E-state index contributed by atoms with van der Waals surface area (Å²) < 4.78 is 0. The molecule has 0 radical (unpaired) electrons. The molecule has 0 aromatic rings. The van der Waals surface area contributed by atoms with Crippen LogP contribution in [0.15, 0.2) is 0 Å². The van der Waals surface area contributed by atoms with Crippen molar-refractivity contribution in [2.75, 3.05) is 33.2 Å². The number of nitrogens with zero attached hydrogens (tertiary/aromatic N) is 1. The van der Waals surface area contributed by atoms with Crippen molar-refractivity contribution in [3.05, 3.63) is 0 Å². The second kappa shape index (κ2) is 6.36. The van der Waals surface area contributed by atoms with Crippen LogP contribution in [0.3, 0.4) is 0 Å². The smallest absolute Gasteiger partial charge is 0.221 e. The molecule has 1 amide bonds. The second-order valence-corrected chi connectivity index (χ2v) is 5.55. The number of piperidine rings is 1. The monoisotopic (exact) mass is 239 g/mol. The fourth-order valence-electron chi connectivity index (χ4n) is 2.75. The standard InChI is InChI=1S/C13H25N3O/c1-16-7-4-11(5-8-16)10-15-12-3-2-6-14-13(17)9-12/h11-12,15H,2-10H2,1H3,(H,14,17). The second-order valence-electron chi connectivity index (χ2n) is 5.55. The van der Waals surface area contributed by atoms with Gasteiger partial charge in [-0.25, -0.2) is 0 Å². The largest absolute Gasteiger partial charge is 0.356 e. The quantitative estimate of drug-likeness (QED) is 0.757. The van der Waals surface area contributed by atoms with Gasteiger partial charge in [0.15, 0.2) is 0 Å². The first-order chi connectivity index (χ1) is 8.24. The Hall–Kier alpha value is -0.610. The van der Waals surface area contributed by atoms with Gasteiger partial charge in [0.25, 0.3) is 0 Å². The van der Waals surface area contributed by atoms with Gasteiger partial charge in [-0.3, -0.25) is 4.79 Å². The van der Waals surface area contributed by atoms with Crippen LogP contribution in [0.2, 0.25) is 0 Å². The molecule has 0 spiro atoms. The molecule has 2 N–H and O–H groups in total. The van der Waals surface area contributed by atoms with Gasteiger partial charge in [-0.1, -0.05) is 0 Å². The van der Waals surface area contributed by atoms with E-state index >= 15 is 0 Å². The van der Waals surface area contributed by atoms with Crippen LogP contribution in [0.4, 0.5) is 0 Å². The summed E-state index contributed by atoms with van der Waals surface area (Å²) in [5.41, 5.74) is 0. The topological polar surface area (TPSA) is 44.4 Å². The average Bonchev–Trinajstić information content (AvgIpc) is 2.53. The maximum atomic E-state index is 11.4. The Labute approximate surface area is 104 Å². The number of hydrogen-bond donors (Lipinski definition) is 2. The highest BCUT2D eigenvalue weighted by Crippen LogP contribution is 2.16. The Morgan fingerprint density at radius 3 is 2.88 bits per heavy atom. The molecule has 0 bridgehead atoms. The molecular formula is C13H25N3O. The third-order valence-electron chi connectivity index (χ3n) is 4.02. The summed E-state index contributed by atoms with van der Waals surface area (Å²) in [5.74, 6) is 1.01. The zero-order valence-corrected chi connectivity index (χ0v) is 10.9. The van der Waals surface area contributed by atoms with Crippen molar-refractivity contribution in [1.82, 2.24) is 15.5 Å². The predicted molar refractivity (Wildman–Crippen MR) is 68.9 cm³/mol. The number of carbonyl (C=O) groups is 1. The first-order valence-corrected chi connectivity index (χ1v) is 6.92. The molecule has 0 aromatic heterocycles. The molecule has 2 heterocycles. The maximum Gasteiger partial charge on any atom is 0.221 e. The van der Waals surface area contributed by atoms with E-state index in [1.807, 2.05) is 0 Å². The lowest BCUT2D eigenvalue weighted by molar-refractivity contribution is -0.121. The van der Waals surface area contributed by atoms with E-state index in [1.54, 1.807) is 0 Å². The molecule has 2 saturated heterocycles. The molecule has 1 unspecified atom stereocenters. The van der Waals surface area contributed by atoms with Crippen LogP contribution in [0.25, 0.3) is 0 Å². The van der Waals surface area contributed by atoms with Crippen molar-refractivity contribution in [2.45, 2.75) is 38.1 Å². The minimum absolute atomic E-state index is 0.211. The van der Waals surface area contributed by atoms with E-state index in [-0.39, 0.29) is 5.91 Å². The molecule has 98 valence electrons. The van der Waals surface area contributed by atoms with Gasteiger partial charge in [0.2, 0.25) is 5.91 Å². The SMILES string of the molecule is CN1CCC(CNC2CCCNC(=O)C2)CC1. The van der Waals surface area contributed by atoms with E-state index in [4.69, 9.17) is 0 Å². The Kier molecular flexibility index (Phi) is 4.80. The third-order valence-corrected chi connectivity index (χ3v) is 4.02. The van der Waals surface area contributed by atoms with Crippen LogP contribution in [0.1, 0.15) is 32.1 Å². The van der Waals surface area contributed by atoms with Crippen LogP contribution in [0, 0.1) is 5.92 Å². The van der Waals surface area contributed by atoms with Gasteiger partial charge in [-0.05, 0) is 58.3 Å². The molecular weight excluding hydrogens is 214 g/mol. The summed E-state index contributed by atoms with van der Waals surface area (Å²) in [6, 6.07) is 0.400. The number of nitrogens with one attached hydrogen (secondary N) is 2. The van der Waals surface area contributed by atoms with E-state index in [0.29, 0.717) is 12.5 Å². The first-order valence-electron chi connectivity index (χ1n) is 6.92. The molecule has 4 heteroatoms. The molecule has 0 aliphatic carbocycles. The minimum atomic E-state index is 0.211. The molecule has 0 aromatic carbocycles. The maximum absolute atomic E-state index is 11.4. The van der Waals surface area contributed by atoms with Crippen molar-refractivity contribution in [3.8, 4) is 0 Å². The van der Waals surface area contributed by atoms with Gasteiger partial charge in [-0.15, -0.1) is 0 Å². The van der Waals surface area contributed by atoms with Crippen molar-refractivity contribution >= 4 is 5.91 Å². The van der Waals surface area contributed by atoms with Crippen LogP contribution in [-0.4, -0.2) is 50.1 Å². The number of amides is 1. The Morgan fingerprint density at radius 1 is 1.35 bits per heavy atom. The van der Waals surface area contributed by atoms with Crippen LogP contribution in [-0.2, 0) is 4.79 Å². The van der Waals surface area contributed by atoms with Gasteiger partial charge >= 0.3 is 0 Å². The van der Waals surface area contributed by atoms with Crippen molar-refractivity contribution in [2.24, 2.45) is 5.92 Å². The lowest BCUT2D eigenvalue weighted by Gasteiger charge is -2.30. The van der Waals surface area contributed by atoms with E-state index < -0.39 is 0 Å². The number of carbonyl (C=O) groups excluding carboxylic acids is 1. The van der Waals surface area contributed by atoms with Gasteiger partial charge in [0.05, 0.1) is 0 Å². The molecule has 2 rings (SSSR count). The number of rotatable bonds is 3. The zero-order valence-electron chi connectivity index (χ0n) is 10.9. The lowest BCUT2D eigenvalue weighted by Crippen LogP contribution is -2.39. The van der Waals surface area contributed by atoms with E-state index in [2.05, 4.69) is 22.6 Å². The molecule has 2 fully saturated rings. The molecule has 2 aliphatic heterocycles. The third kappa shape index (κ3) is 4.28. The van der Waals surface area contributed by atoms with Crippen molar-refractivity contribution in [1.29, 1.82) is 0 Å². The van der Waals surface area contributed by atoms with Crippen molar-refractivity contribution in [3.63, 3.8) is 0 Å². The molecule has 17 heavy (non-hydrogen) atoms. The van der Waals surface area contributed by atoms with Gasteiger partial charge in [0, 0.05) is 19.0 Å². The predicted octanol–water partition coefficient (Wildman–Crippen LogP) is 0.587. The normalized spacial score (nSPS) is 28.8. The summed E-state index contributed by atoms with van der Waals surface area (Å²) in [6.07, 6.45) is 5.49. The van der Waals surface area contributed by atoms with Crippen molar-refractivity contribution < 1.29 is 4.79 Å². The molecule has 1 atom stereocenters. The highest BCUT2D eigenvalue weighted by atomic mass is 16.1. The Morgan fingerprint density at radius 2 is 2.12 bits per heavy atom. The minimum Gasteiger partial charge on any atom is -0.356 e. The highest BCUT2D eigenvalue weighted by molar-refractivity contribution is 5.76. The number of hydrogen-bond acceptors (Lipinski definition) is 3. The van der Waals surface area contributed by atoms with E-state index in [9.17, 15) is 4.79 Å². The number of likely N-dealkylation sites (tertiary alicyclic amines) is 1. The molecule has 2 aliphatic rings. The van der Waals surface area contributed by atoms with Gasteiger partial charge in [-0.2, -0.15) is 0 Å². The van der Waals surface area contributed by atoms with E-state index in [0.717, 1.165) is 31.8 Å². The van der Waals surface area contributed by atoms with Crippen LogP contribution in [0.5, 0.6) is 0 Å². The first kappa shape index (κ1) is 12.8. The molecule has 0 saturated carbocycles. The summed E-state index contributed by atoms with van der Waals surface area (Å²) in [4.78, 5) is 13.8. The summed E-state index contributed by atoms with van der Waals surface area (Å²) in [5, 5.41) is 6.53. The lowest BCUT2D eigenvalue weighted by atomic mass is 9.96.